The van der Waals surface area contributed by atoms with Gasteiger partial charge in [-0.3, -0.25) is 24.0 Å². The molecule has 564 valence electrons. The molecular weight excluding hydrogens is 1280 g/mol. The van der Waals surface area contributed by atoms with Gasteiger partial charge < -0.3 is 185 Å². The molecule has 0 bridgehead atoms. The Balaban J connectivity index is 0. The molecule has 0 aromatic rings. The SMILES string of the molecule is C.C.C.C.CC(=O)O.COCCOC(=O)C(C)C(=O)NCC1O[C@H](O[C@@H]2C(N)O[C@@H](N)[C@@H](OC3O[C@H](CO)C(O)[C@@H](N)[C@H]3O)C2O)[C@@H](N)C[C@@H]1O.COCCOC(=O)CCC(=O)O.NCC1O[C@H](O[C@@H]2C(N)O[C@@H](N)[C@@H](OC3O[C@H](CO)[C@@H](O)C(N)[C@H]3O)C2O)[C@@H](N)C[C@@H]1O. The van der Waals surface area contributed by atoms with Gasteiger partial charge in [0.15, 0.2) is 25.2 Å². The van der Waals surface area contributed by atoms with Crippen molar-refractivity contribution in [1.29, 1.82) is 0 Å². The summed E-state index contributed by atoms with van der Waals surface area (Å²) in [5, 5.41) is 120. The maximum absolute atomic E-state index is 12.5. The maximum atomic E-state index is 12.5. The zero-order valence-corrected chi connectivity index (χ0v) is 50.5. The highest BCUT2D eigenvalue weighted by Crippen LogP contribution is 2.32. The summed E-state index contributed by atoms with van der Waals surface area (Å²) < 4.78 is 75.0. The molecule has 0 aromatic heterocycles. The Hall–Kier alpha value is -3.89. The first-order valence-electron chi connectivity index (χ1n) is 28.7. The van der Waals surface area contributed by atoms with E-state index in [2.05, 4.69) is 14.8 Å². The second kappa shape index (κ2) is 45.7. The molecule has 41 heteroatoms. The number of hydrogen-bond acceptors (Lipinski definition) is 38. The van der Waals surface area contributed by atoms with Crippen LogP contribution in [0.1, 0.15) is 69.2 Å². The molecule has 11 unspecified atom stereocenters. The average molecular weight is 1400 g/mol. The van der Waals surface area contributed by atoms with Crippen LogP contribution in [0.3, 0.4) is 0 Å². The zero-order chi connectivity index (χ0) is 68.7. The molecule has 0 saturated carbocycles. The van der Waals surface area contributed by atoms with E-state index in [0.717, 1.165) is 6.92 Å². The smallest absolute Gasteiger partial charge is 0.318 e. The quantitative estimate of drug-likeness (QED) is 0.0242. The molecule has 6 aliphatic heterocycles. The Bertz CT molecular complexity index is 2160. The molecule has 6 rings (SSSR count). The summed E-state index contributed by atoms with van der Waals surface area (Å²) in [6, 6.07) is -4.08. The number of carbonyl (C=O) groups is 5. The highest BCUT2D eigenvalue weighted by Gasteiger charge is 2.53. The number of amides is 1. The molecule has 6 saturated heterocycles. The first-order chi connectivity index (χ1) is 42.8. The Morgan fingerprint density at radius 1 is 0.495 bits per heavy atom. The monoisotopic (exact) mass is 1400 g/mol. The van der Waals surface area contributed by atoms with Crippen LogP contribution in [0.5, 0.6) is 0 Å². The molecule has 0 aliphatic carbocycles. The minimum Gasteiger partial charge on any atom is -0.481 e. The molecule has 0 spiro atoms. The highest BCUT2D eigenvalue weighted by atomic mass is 16.8. The molecule has 0 aromatic carbocycles. The summed E-state index contributed by atoms with van der Waals surface area (Å²) >= 11 is 0. The van der Waals surface area contributed by atoms with Gasteiger partial charge >= 0.3 is 17.9 Å². The number of rotatable bonds is 24. The molecule has 95 heavy (non-hydrogen) atoms. The Kier molecular flexibility index (Phi) is 44.8. The van der Waals surface area contributed by atoms with Crippen LogP contribution < -0.4 is 56.9 Å². The van der Waals surface area contributed by atoms with E-state index in [-0.39, 0.29) is 88.3 Å². The van der Waals surface area contributed by atoms with Crippen LogP contribution in [-0.4, -0.2) is 330 Å². The Morgan fingerprint density at radius 2 is 0.842 bits per heavy atom. The van der Waals surface area contributed by atoms with Crippen molar-refractivity contribution >= 4 is 29.8 Å². The number of nitrogens with two attached hydrogens (primary N) is 9. The van der Waals surface area contributed by atoms with E-state index in [4.69, 9.17) is 123 Å². The van der Waals surface area contributed by atoms with Gasteiger partial charge in [-0.15, -0.1) is 0 Å². The van der Waals surface area contributed by atoms with Crippen LogP contribution >= 0.6 is 0 Å². The zero-order valence-electron chi connectivity index (χ0n) is 50.5. The number of nitrogens with one attached hydrogen (secondary N) is 1. The van der Waals surface area contributed by atoms with E-state index >= 15 is 0 Å². The lowest BCUT2D eigenvalue weighted by molar-refractivity contribution is -0.343. The van der Waals surface area contributed by atoms with Crippen molar-refractivity contribution in [2.24, 2.45) is 57.5 Å². The minimum absolute atomic E-state index is 0. The van der Waals surface area contributed by atoms with Crippen LogP contribution in [0.2, 0.25) is 0 Å². The van der Waals surface area contributed by atoms with Gasteiger partial charge in [-0.25, -0.2) is 0 Å². The van der Waals surface area contributed by atoms with E-state index in [9.17, 15) is 70.2 Å². The van der Waals surface area contributed by atoms with E-state index in [1.807, 2.05) is 0 Å². The fraction of sp³-hybridized carbons (Fsp3) is 0.907. The number of aliphatic carboxylic acids is 2. The molecular formula is C54H112N10O31. The molecule has 41 nitrogen and oxygen atoms in total. The van der Waals surface area contributed by atoms with Gasteiger partial charge in [0, 0.05) is 34.2 Å². The number of aliphatic hydroxyl groups excluding tert-OH is 10. The van der Waals surface area contributed by atoms with Gasteiger partial charge in [0.05, 0.1) is 81.7 Å². The predicted molar refractivity (Wildman–Crippen MR) is 326 cm³/mol. The van der Waals surface area contributed by atoms with Crippen molar-refractivity contribution in [2.45, 2.75) is 241 Å². The molecule has 29 atom stereocenters. The lowest BCUT2D eigenvalue weighted by Gasteiger charge is -2.47. The summed E-state index contributed by atoms with van der Waals surface area (Å²) in [4.78, 5) is 54.2. The van der Waals surface area contributed by atoms with Crippen molar-refractivity contribution in [3.05, 3.63) is 0 Å². The molecule has 6 aliphatic rings. The van der Waals surface area contributed by atoms with Crippen LogP contribution in [0.4, 0.5) is 0 Å². The van der Waals surface area contributed by atoms with Crippen molar-refractivity contribution in [2.75, 3.05) is 67.0 Å². The van der Waals surface area contributed by atoms with Crippen LogP contribution in [0.25, 0.3) is 0 Å². The molecule has 1 amide bonds. The van der Waals surface area contributed by atoms with Crippen molar-refractivity contribution in [1.82, 2.24) is 5.32 Å². The van der Waals surface area contributed by atoms with E-state index < -0.39 is 221 Å². The Morgan fingerprint density at radius 3 is 1.20 bits per heavy atom. The number of aliphatic hydroxyl groups is 10. The van der Waals surface area contributed by atoms with Crippen molar-refractivity contribution in [3.8, 4) is 0 Å². The second-order valence-corrected chi connectivity index (χ2v) is 21.6. The summed E-state index contributed by atoms with van der Waals surface area (Å²) in [5.74, 6) is -4.90. The van der Waals surface area contributed by atoms with Gasteiger partial charge in [0.2, 0.25) is 5.91 Å². The standard InChI is InChI=1S/C24H45N5O14.C17H35N5O10.C7H12O5.C2H4O2.4CH4/c1-8(22(36)38-4-3-37-2)21(35)29-6-11-10(31)5-9(25)23(39-11)41-17-16(34)18(20(28)43-19(17)27)42-24-15(33)13(26)14(32)12(7-30)40-24;18-2-6-5(24)1-4(19)16(28-6)30-12-11(27)13(15(22)32-14(12)21)31-17-10(26)8(20)9(25)7(3-23)29-17;1-11-4-5-12-7(10)3-2-6(8)9;1-2(3)4;;;;/h8-20,23-24,30-34H,3-7,25-28H2,1-2H3,(H,29,35);4-17,23-27H,1-3,18-22H2;2-5H2,1H3,(H,8,9);1H3,(H,3,4);4*1H4/t8?,9-,10-,11?,12+,13+,14?,15+,16?,17-,18-,19?,20+,23+,24?;4-,5-,6?,7+,8?,9+,10+,11?,12-,13-,14?,15+,16+,17?;;;;;;/m00....../s1. The number of hydrogen-bond donors (Lipinski definition) is 22. The average Bonchev–Trinajstić information content (AvgIpc) is 0.794. The third-order valence-electron chi connectivity index (χ3n) is 14.6. The lowest BCUT2D eigenvalue weighted by atomic mass is 9.96. The topological polar surface area (TPSA) is 704 Å². The van der Waals surface area contributed by atoms with Gasteiger partial charge in [-0.05, 0) is 19.8 Å². The van der Waals surface area contributed by atoms with Crippen molar-refractivity contribution in [3.63, 3.8) is 0 Å². The van der Waals surface area contributed by atoms with E-state index in [1.165, 1.54) is 21.1 Å². The third-order valence-corrected chi connectivity index (χ3v) is 14.6. The number of esters is 2. The largest absolute Gasteiger partial charge is 0.481 e. The summed E-state index contributed by atoms with van der Waals surface area (Å²) in [5.41, 5.74) is 53.2. The van der Waals surface area contributed by atoms with Crippen LogP contribution in [-0.2, 0) is 90.3 Å². The van der Waals surface area contributed by atoms with Crippen LogP contribution in [0, 0.1) is 5.92 Å². The first kappa shape index (κ1) is 93.2. The summed E-state index contributed by atoms with van der Waals surface area (Å²) in [7, 11) is 2.93. The Labute approximate surface area is 551 Å². The molecule has 0 radical (unpaired) electrons. The van der Waals surface area contributed by atoms with Crippen LogP contribution in [0.15, 0.2) is 0 Å². The van der Waals surface area contributed by atoms with Gasteiger partial charge in [0.1, 0.15) is 123 Å². The fourth-order valence-electron chi connectivity index (χ4n) is 9.34. The minimum atomic E-state index is -1.60. The predicted octanol–water partition coefficient (Wildman–Crippen LogP) is -10.8. The number of ether oxygens (including phenoxy) is 14. The normalized spacial score (nSPS) is 38.5. The third kappa shape index (κ3) is 28.0. The molecule has 6 heterocycles. The van der Waals surface area contributed by atoms with Crippen molar-refractivity contribution < 1.29 is 152 Å². The first-order valence-corrected chi connectivity index (χ1v) is 28.7. The summed E-state index contributed by atoms with van der Waals surface area (Å²) in [6.07, 6.45) is -30.7. The fourth-order valence-corrected chi connectivity index (χ4v) is 9.34. The maximum Gasteiger partial charge on any atom is 0.318 e. The summed E-state index contributed by atoms with van der Waals surface area (Å²) in [6.45, 7) is 1.70. The number of carbonyl (C=O) groups excluding carboxylic acids is 3. The van der Waals surface area contributed by atoms with E-state index in [1.54, 1.807) is 0 Å². The molecule has 31 N–H and O–H groups in total. The number of methoxy groups -OCH3 is 2. The number of carboxylic acids is 2. The van der Waals surface area contributed by atoms with E-state index in [0.29, 0.717) is 6.61 Å². The highest BCUT2D eigenvalue weighted by molar-refractivity contribution is 5.97. The molecule has 6 fully saturated rings. The number of carboxylic acid groups (broad SMARTS) is 2. The van der Waals surface area contributed by atoms with Gasteiger partial charge in [-0.1, -0.05) is 29.7 Å². The lowest BCUT2D eigenvalue weighted by Crippen LogP contribution is -2.69. The van der Waals surface area contributed by atoms with Gasteiger partial charge in [-0.2, -0.15) is 0 Å². The second-order valence-electron chi connectivity index (χ2n) is 21.6. The van der Waals surface area contributed by atoms with Gasteiger partial charge in [0.25, 0.3) is 5.97 Å².